The number of rotatable bonds is 6. The molecule has 0 heterocycles. The summed E-state index contributed by atoms with van der Waals surface area (Å²) in [6.07, 6.45) is 10.4. The van der Waals surface area contributed by atoms with E-state index in [1.165, 1.54) is 6.08 Å². The number of aliphatic hydroxyl groups excluding tert-OH is 1. The highest BCUT2D eigenvalue weighted by Crippen LogP contribution is 2.58. The summed E-state index contributed by atoms with van der Waals surface area (Å²) in [5, 5.41) is 9.70. The van der Waals surface area contributed by atoms with Gasteiger partial charge in [-0.3, -0.25) is 9.59 Å². The van der Waals surface area contributed by atoms with Crippen molar-refractivity contribution in [3.05, 3.63) is 23.8 Å². The molecule has 5 nitrogen and oxygen atoms in total. The van der Waals surface area contributed by atoms with Crippen LogP contribution in [0.25, 0.3) is 0 Å². The zero-order valence-corrected chi connectivity index (χ0v) is 20.4. The van der Waals surface area contributed by atoms with Crippen molar-refractivity contribution < 1.29 is 24.2 Å². The number of Topliss-reactive ketones (excluding diaryl/α,β-unsaturated/α-hetero) is 2. The maximum Gasteiger partial charge on any atom is 0.332 e. The summed E-state index contributed by atoms with van der Waals surface area (Å²) in [6, 6.07) is 0. The fourth-order valence-corrected chi connectivity index (χ4v) is 6.20. The maximum atomic E-state index is 12.8. The number of hydrogen-bond donors (Lipinski definition) is 1. The number of hydrogen-bond acceptors (Lipinski definition) is 5. The highest BCUT2D eigenvalue weighted by Gasteiger charge is 2.53. The van der Waals surface area contributed by atoms with E-state index in [-0.39, 0.29) is 29.3 Å². The van der Waals surface area contributed by atoms with Crippen molar-refractivity contribution in [3.63, 3.8) is 0 Å². The number of allylic oxidation sites excluding steroid dienone is 3. The van der Waals surface area contributed by atoms with Gasteiger partial charge in [0.2, 0.25) is 0 Å². The van der Waals surface area contributed by atoms with Crippen LogP contribution in [0.3, 0.4) is 0 Å². The van der Waals surface area contributed by atoms with Gasteiger partial charge in [0, 0.05) is 24.5 Å². The molecule has 32 heavy (non-hydrogen) atoms. The molecule has 5 heteroatoms. The van der Waals surface area contributed by atoms with Crippen LogP contribution in [0.1, 0.15) is 86.0 Å². The second kappa shape index (κ2) is 9.62. The number of fused-ring (bicyclic) bond motifs is 1. The third-order valence-electron chi connectivity index (χ3n) is 8.24. The number of ether oxygens (including phenoxy) is 1. The summed E-state index contributed by atoms with van der Waals surface area (Å²) in [6.45, 7) is 10.6. The molecule has 178 valence electrons. The van der Waals surface area contributed by atoms with Crippen molar-refractivity contribution in [2.24, 2.45) is 29.1 Å². The molecule has 1 unspecified atom stereocenters. The average molecular weight is 445 g/mol. The zero-order chi connectivity index (χ0) is 23.7. The molecular formula is C27H40O5. The minimum absolute atomic E-state index is 0.00384. The van der Waals surface area contributed by atoms with Gasteiger partial charge in [0.05, 0.1) is 6.10 Å². The van der Waals surface area contributed by atoms with Gasteiger partial charge in [0.1, 0.15) is 0 Å². The fourth-order valence-electron chi connectivity index (χ4n) is 6.20. The Labute approximate surface area is 192 Å². The normalized spacial score (nSPS) is 37.8. The third kappa shape index (κ3) is 5.08. The lowest BCUT2D eigenvalue weighted by atomic mass is 9.61. The summed E-state index contributed by atoms with van der Waals surface area (Å²) >= 11 is 0. The molecule has 0 aliphatic heterocycles. The molecule has 0 aromatic rings. The van der Waals surface area contributed by atoms with Crippen molar-refractivity contribution in [2.75, 3.05) is 0 Å². The first kappa shape index (κ1) is 24.9. The number of ketones is 2. The van der Waals surface area contributed by atoms with E-state index >= 15 is 0 Å². The number of esters is 1. The molecule has 0 amide bonds. The van der Waals surface area contributed by atoms with Gasteiger partial charge in [-0.1, -0.05) is 39.8 Å². The Morgan fingerprint density at radius 2 is 1.88 bits per heavy atom. The molecule has 0 radical (unpaired) electrons. The second-order valence-electron chi connectivity index (χ2n) is 11.2. The number of carbonyl (C=O) groups excluding carboxylic acids is 3. The zero-order valence-electron chi connectivity index (χ0n) is 20.4. The van der Waals surface area contributed by atoms with E-state index in [2.05, 4.69) is 39.8 Å². The summed E-state index contributed by atoms with van der Waals surface area (Å²) in [4.78, 5) is 38.0. The Morgan fingerprint density at radius 1 is 1.16 bits per heavy atom. The van der Waals surface area contributed by atoms with E-state index in [0.717, 1.165) is 25.7 Å². The molecule has 0 spiro atoms. The van der Waals surface area contributed by atoms with E-state index in [4.69, 9.17) is 4.74 Å². The van der Waals surface area contributed by atoms with Crippen molar-refractivity contribution in [1.82, 2.24) is 0 Å². The maximum absolute atomic E-state index is 12.8. The van der Waals surface area contributed by atoms with Gasteiger partial charge in [-0.05, 0) is 74.5 Å². The van der Waals surface area contributed by atoms with Gasteiger partial charge in [-0.25, -0.2) is 4.79 Å². The molecule has 3 aliphatic rings. The molecule has 6 atom stereocenters. The topological polar surface area (TPSA) is 80.7 Å². The van der Waals surface area contributed by atoms with Crippen molar-refractivity contribution in [1.29, 1.82) is 0 Å². The van der Waals surface area contributed by atoms with Gasteiger partial charge < -0.3 is 9.84 Å². The third-order valence-corrected chi connectivity index (χ3v) is 8.24. The largest absolute Gasteiger partial charge is 0.448 e. The Bertz CT molecular complexity index is 809. The Kier molecular flexibility index (Phi) is 7.48. The summed E-state index contributed by atoms with van der Waals surface area (Å²) in [5.74, 6) is 0.753. The lowest BCUT2D eigenvalue weighted by Gasteiger charge is -2.43. The van der Waals surface area contributed by atoms with Gasteiger partial charge >= 0.3 is 5.97 Å². The van der Waals surface area contributed by atoms with E-state index < -0.39 is 17.7 Å². The van der Waals surface area contributed by atoms with E-state index in [9.17, 15) is 19.5 Å². The molecule has 0 bridgehead atoms. The quantitative estimate of drug-likeness (QED) is 0.356. The van der Waals surface area contributed by atoms with Gasteiger partial charge in [0.15, 0.2) is 17.2 Å². The van der Waals surface area contributed by atoms with Crippen LogP contribution in [-0.2, 0) is 19.1 Å². The molecule has 3 saturated carbocycles. The first-order valence-corrected chi connectivity index (χ1v) is 12.3. The van der Waals surface area contributed by atoms with Crippen molar-refractivity contribution in [2.45, 2.75) is 97.7 Å². The molecule has 0 aromatic carbocycles. The molecule has 3 aliphatic carbocycles. The van der Waals surface area contributed by atoms with Gasteiger partial charge in [-0.15, -0.1) is 0 Å². The number of aliphatic hydroxyl groups is 1. The second-order valence-corrected chi connectivity index (χ2v) is 11.2. The van der Waals surface area contributed by atoms with E-state index in [1.807, 2.05) is 0 Å². The van der Waals surface area contributed by atoms with Crippen LogP contribution < -0.4 is 0 Å². The lowest BCUT2D eigenvalue weighted by Crippen LogP contribution is -2.46. The van der Waals surface area contributed by atoms with Crippen LogP contribution >= 0.6 is 0 Å². The standard InChI is InChI=1S/C27H40O5/c1-17(2)7-6-8-18(3)21-9-10-22-20(23(29)12-13-26(21,22)4)16-25(31)32-27(5)14-11-19(28)15-24(27)30/h6,8,16-19,21-22,28H,7,9-15H2,1-5H3/b8-6+,20-16+/t18-,19-,21?,22+,26-,27+/m1/s1. The first-order chi connectivity index (χ1) is 15.0. The van der Waals surface area contributed by atoms with E-state index in [1.54, 1.807) is 6.92 Å². The molecule has 0 saturated heterocycles. The Hall–Kier alpha value is -1.75. The van der Waals surface area contributed by atoms with Crippen LogP contribution in [-0.4, -0.2) is 34.3 Å². The predicted molar refractivity (Wildman–Crippen MR) is 124 cm³/mol. The van der Waals surface area contributed by atoms with Gasteiger partial charge in [0.25, 0.3) is 0 Å². The Morgan fingerprint density at radius 3 is 2.53 bits per heavy atom. The lowest BCUT2D eigenvalue weighted by molar-refractivity contribution is -0.167. The van der Waals surface area contributed by atoms with Crippen LogP contribution in [0, 0.1) is 29.1 Å². The molecule has 3 rings (SSSR count). The molecular weight excluding hydrogens is 404 g/mol. The number of carbonyl (C=O) groups is 3. The average Bonchev–Trinajstić information content (AvgIpc) is 3.05. The fraction of sp³-hybridized carbons (Fsp3) is 0.741. The predicted octanol–water partition coefficient (Wildman–Crippen LogP) is 4.96. The SMILES string of the molecule is CC(C)C/C=C/[C@@H](C)C1CC[C@H]2/C(=C\C(=O)O[C@@]3(C)CC[C@@H](O)CC3=O)C(=O)CC[C@]12C. The molecule has 3 fully saturated rings. The summed E-state index contributed by atoms with van der Waals surface area (Å²) < 4.78 is 5.58. The van der Waals surface area contributed by atoms with Crippen molar-refractivity contribution in [3.8, 4) is 0 Å². The molecule has 0 aromatic heterocycles. The minimum atomic E-state index is -1.22. The van der Waals surface area contributed by atoms with Crippen LogP contribution in [0.15, 0.2) is 23.8 Å². The molecule has 1 N–H and O–H groups in total. The van der Waals surface area contributed by atoms with Crippen molar-refractivity contribution >= 4 is 17.5 Å². The smallest absolute Gasteiger partial charge is 0.332 e. The monoisotopic (exact) mass is 444 g/mol. The highest BCUT2D eigenvalue weighted by atomic mass is 16.6. The minimum Gasteiger partial charge on any atom is -0.448 e. The summed E-state index contributed by atoms with van der Waals surface area (Å²) in [7, 11) is 0. The van der Waals surface area contributed by atoms with Crippen LogP contribution in [0.2, 0.25) is 0 Å². The highest BCUT2D eigenvalue weighted by molar-refractivity contribution is 6.02. The summed E-state index contributed by atoms with van der Waals surface area (Å²) in [5.41, 5.74) is -0.657. The van der Waals surface area contributed by atoms with Gasteiger partial charge in [-0.2, -0.15) is 0 Å². The van der Waals surface area contributed by atoms with Crippen LogP contribution in [0.5, 0.6) is 0 Å². The van der Waals surface area contributed by atoms with E-state index in [0.29, 0.717) is 42.6 Å². The Balaban J connectivity index is 1.75. The first-order valence-electron chi connectivity index (χ1n) is 12.3. The van der Waals surface area contributed by atoms with Crippen LogP contribution in [0.4, 0.5) is 0 Å².